The molecule has 1 aromatic carbocycles. The van der Waals surface area contributed by atoms with E-state index in [-0.39, 0.29) is 5.91 Å². The summed E-state index contributed by atoms with van der Waals surface area (Å²) in [6, 6.07) is 8.80. The highest BCUT2D eigenvalue weighted by Gasteiger charge is 2.24. The maximum Gasteiger partial charge on any atom is 0.220 e. The molecule has 2 saturated heterocycles. The van der Waals surface area contributed by atoms with Gasteiger partial charge >= 0.3 is 0 Å². The quantitative estimate of drug-likeness (QED) is 0.541. The van der Waals surface area contributed by atoms with Gasteiger partial charge in [-0.05, 0) is 48.1 Å². The molecule has 2 heterocycles. The molecule has 0 aromatic heterocycles. The number of piperidine rings is 2. The molecule has 1 amide bonds. The molecule has 2 fully saturated rings. The van der Waals surface area contributed by atoms with Crippen LogP contribution in [0.3, 0.4) is 0 Å². The Morgan fingerprint density at radius 2 is 1.74 bits per heavy atom. The number of rotatable bonds is 6. The molecule has 2 aliphatic heterocycles. The third-order valence-corrected chi connectivity index (χ3v) is 6.77. The van der Waals surface area contributed by atoms with Crippen LogP contribution in [-0.4, -0.2) is 61.9 Å². The molecule has 2 aliphatic rings. The van der Waals surface area contributed by atoms with E-state index in [2.05, 4.69) is 63.5 Å². The highest BCUT2D eigenvalue weighted by Crippen LogP contribution is 2.24. The van der Waals surface area contributed by atoms with Crippen LogP contribution in [0, 0.1) is 17.8 Å². The monoisotopic (exact) mass is 427 g/mol. The topological polar surface area (TPSA) is 60.0 Å². The van der Waals surface area contributed by atoms with Crippen molar-refractivity contribution in [2.24, 2.45) is 22.7 Å². The first-order chi connectivity index (χ1) is 15.0. The van der Waals surface area contributed by atoms with Gasteiger partial charge in [0.15, 0.2) is 5.96 Å². The number of likely N-dealkylation sites (tertiary alicyclic amines) is 2. The van der Waals surface area contributed by atoms with Gasteiger partial charge in [-0.25, -0.2) is 0 Å². The second-order valence-electron chi connectivity index (χ2n) is 9.62. The summed E-state index contributed by atoms with van der Waals surface area (Å²) in [5, 5.41) is 6.34. The average molecular weight is 428 g/mol. The molecule has 31 heavy (non-hydrogen) atoms. The Labute approximate surface area is 188 Å². The van der Waals surface area contributed by atoms with E-state index in [9.17, 15) is 4.79 Å². The lowest BCUT2D eigenvalue weighted by molar-refractivity contribution is -0.121. The molecule has 0 spiro atoms. The Hall–Kier alpha value is -2.08. The molecule has 0 bridgehead atoms. The van der Waals surface area contributed by atoms with E-state index in [4.69, 9.17) is 0 Å². The summed E-state index contributed by atoms with van der Waals surface area (Å²) >= 11 is 0. The van der Waals surface area contributed by atoms with Crippen LogP contribution in [0.4, 0.5) is 0 Å². The van der Waals surface area contributed by atoms with Crippen molar-refractivity contribution in [1.29, 1.82) is 0 Å². The Morgan fingerprint density at radius 1 is 1.10 bits per heavy atom. The third kappa shape index (κ3) is 6.96. The van der Waals surface area contributed by atoms with Crippen molar-refractivity contribution < 1.29 is 4.79 Å². The van der Waals surface area contributed by atoms with Gasteiger partial charge in [0.1, 0.15) is 0 Å². The Bertz CT molecular complexity index is 731. The van der Waals surface area contributed by atoms with E-state index in [1.807, 2.05) is 7.05 Å². The fourth-order valence-corrected chi connectivity index (χ4v) is 5.27. The van der Waals surface area contributed by atoms with Crippen LogP contribution < -0.4 is 10.6 Å². The van der Waals surface area contributed by atoms with Gasteiger partial charge in [0.25, 0.3) is 0 Å². The van der Waals surface area contributed by atoms with Gasteiger partial charge in [0, 0.05) is 59.8 Å². The lowest BCUT2D eigenvalue weighted by atomic mass is 9.91. The molecule has 6 nitrogen and oxygen atoms in total. The van der Waals surface area contributed by atoms with Crippen LogP contribution >= 0.6 is 0 Å². The van der Waals surface area contributed by atoms with E-state index < -0.39 is 0 Å². The average Bonchev–Trinajstić information content (AvgIpc) is 2.75. The van der Waals surface area contributed by atoms with Crippen LogP contribution in [0.1, 0.15) is 50.7 Å². The highest BCUT2D eigenvalue weighted by molar-refractivity contribution is 5.80. The Kier molecular flexibility index (Phi) is 8.76. The zero-order valence-corrected chi connectivity index (χ0v) is 19.9. The molecule has 2 unspecified atom stereocenters. The number of nitrogens with zero attached hydrogens (tertiary/aromatic N) is 3. The van der Waals surface area contributed by atoms with Crippen LogP contribution in [0.25, 0.3) is 0 Å². The number of nitrogens with one attached hydrogen (secondary N) is 2. The van der Waals surface area contributed by atoms with Crippen molar-refractivity contribution >= 4 is 11.9 Å². The molecule has 2 atom stereocenters. The molecule has 3 rings (SSSR count). The van der Waals surface area contributed by atoms with Crippen molar-refractivity contribution in [2.45, 2.75) is 52.6 Å². The van der Waals surface area contributed by atoms with Gasteiger partial charge < -0.3 is 15.5 Å². The summed E-state index contributed by atoms with van der Waals surface area (Å²) in [6.45, 7) is 10.8. The minimum Gasteiger partial charge on any atom is -0.359 e. The van der Waals surface area contributed by atoms with Crippen LogP contribution in [-0.2, 0) is 17.9 Å². The van der Waals surface area contributed by atoms with Gasteiger partial charge in [0.2, 0.25) is 5.91 Å². The van der Waals surface area contributed by atoms with Gasteiger partial charge in [-0.15, -0.1) is 0 Å². The number of carbonyl (C=O) groups is 1. The second kappa shape index (κ2) is 11.5. The molecule has 0 radical (unpaired) electrons. The van der Waals surface area contributed by atoms with E-state index in [1.54, 1.807) is 7.05 Å². The molecule has 0 saturated carbocycles. The number of amides is 1. The SMILES string of the molecule is CN=C(NCc1ccccc1CN1CC(C)CC(C)C1)N1CCC(CC(=O)NC)CC1. The van der Waals surface area contributed by atoms with Crippen LogP contribution in [0.2, 0.25) is 0 Å². The largest absolute Gasteiger partial charge is 0.359 e. The van der Waals surface area contributed by atoms with E-state index in [1.165, 1.54) is 30.6 Å². The summed E-state index contributed by atoms with van der Waals surface area (Å²) in [7, 11) is 3.58. The van der Waals surface area contributed by atoms with Crippen molar-refractivity contribution in [2.75, 3.05) is 40.3 Å². The van der Waals surface area contributed by atoms with Gasteiger partial charge in [-0.2, -0.15) is 0 Å². The van der Waals surface area contributed by atoms with Crippen LogP contribution in [0.5, 0.6) is 0 Å². The van der Waals surface area contributed by atoms with E-state index in [0.717, 1.165) is 56.8 Å². The van der Waals surface area contributed by atoms with Gasteiger partial charge in [-0.1, -0.05) is 38.1 Å². The number of guanidine groups is 1. The Balaban J connectivity index is 1.54. The smallest absolute Gasteiger partial charge is 0.220 e. The normalized spacial score (nSPS) is 23.6. The minimum absolute atomic E-state index is 0.148. The maximum absolute atomic E-state index is 11.7. The molecule has 6 heteroatoms. The molecule has 1 aromatic rings. The lowest BCUT2D eigenvalue weighted by Crippen LogP contribution is -2.46. The number of benzene rings is 1. The minimum atomic E-state index is 0.148. The zero-order chi connectivity index (χ0) is 22.2. The van der Waals surface area contributed by atoms with Gasteiger partial charge in [-0.3, -0.25) is 14.7 Å². The number of carbonyl (C=O) groups excluding carboxylic acids is 1. The fourth-order valence-electron chi connectivity index (χ4n) is 5.27. The molecular formula is C25H41N5O. The lowest BCUT2D eigenvalue weighted by Gasteiger charge is -2.35. The van der Waals surface area contributed by atoms with Crippen molar-refractivity contribution in [3.63, 3.8) is 0 Å². The summed E-state index contributed by atoms with van der Waals surface area (Å²) in [6.07, 6.45) is 4.05. The molecular weight excluding hydrogens is 386 g/mol. The summed E-state index contributed by atoms with van der Waals surface area (Å²) in [4.78, 5) is 21.1. The van der Waals surface area contributed by atoms with Crippen molar-refractivity contribution in [3.05, 3.63) is 35.4 Å². The third-order valence-electron chi connectivity index (χ3n) is 6.77. The first-order valence-electron chi connectivity index (χ1n) is 11.9. The zero-order valence-electron chi connectivity index (χ0n) is 19.9. The highest BCUT2D eigenvalue weighted by atomic mass is 16.1. The van der Waals surface area contributed by atoms with Crippen LogP contribution in [0.15, 0.2) is 29.3 Å². The summed E-state index contributed by atoms with van der Waals surface area (Å²) < 4.78 is 0. The predicted molar refractivity (Wildman–Crippen MR) is 128 cm³/mol. The molecule has 0 aliphatic carbocycles. The summed E-state index contributed by atoms with van der Waals surface area (Å²) in [5.74, 6) is 3.14. The summed E-state index contributed by atoms with van der Waals surface area (Å²) in [5.41, 5.74) is 2.76. The van der Waals surface area contributed by atoms with Gasteiger partial charge in [0.05, 0.1) is 0 Å². The number of aliphatic imine (C=N–C) groups is 1. The van der Waals surface area contributed by atoms with E-state index >= 15 is 0 Å². The van der Waals surface area contributed by atoms with Crippen molar-refractivity contribution in [1.82, 2.24) is 20.4 Å². The maximum atomic E-state index is 11.7. The number of hydrogen-bond acceptors (Lipinski definition) is 3. The standard InChI is InChI=1S/C25H41N5O/c1-19-13-20(2)17-29(16-19)18-23-8-6-5-7-22(23)15-28-25(27-4)30-11-9-21(10-12-30)14-24(31)26-3/h5-8,19-21H,9-18H2,1-4H3,(H,26,31)(H,27,28). The first kappa shape index (κ1) is 23.6. The second-order valence-corrected chi connectivity index (χ2v) is 9.62. The predicted octanol–water partition coefficient (Wildman–Crippen LogP) is 3.09. The van der Waals surface area contributed by atoms with Crippen molar-refractivity contribution in [3.8, 4) is 0 Å². The number of hydrogen-bond donors (Lipinski definition) is 2. The molecule has 172 valence electrons. The first-order valence-corrected chi connectivity index (χ1v) is 11.9. The fraction of sp³-hybridized carbons (Fsp3) is 0.680. The Morgan fingerprint density at radius 3 is 2.35 bits per heavy atom. The van der Waals surface area contributed by atoms with E-state index in [0.29, 0.717) is 12.3 Å². The molecule has 2 N–H and O–H groups in total.